The van der Waals surface area contributed by atoms with Gasteiger partial charge >= 0.3 is 12.1 Å². The molecule has 1 fully saturated rings. The van der Waals surface area contributed by atoms with Crippen LogP contribution in [0.1, 0.15) is 36.0 Å². The maximum atomic E-state index is 12.2. The summed E-state index contributed by atoms with van der Waals surface area (Å²) in [6.07, 6.45) is -0.346. The average Bonchev–Trinajstić information content (AvgIpc) is 3.12. The highest BCUT2D eigenvalue weighted by Crippen LogP contribution is 2.34. The summed E-state index contributed by atoms with van der Waals surface area (Å²) in [6.45, 7) is 7.52. The molecule has 9 heteroatoms. The molecule has 2 heterocycles. The second-order valence-electron chi connectivity index (χ2n) is 7.62. The molecular weight excluding hydrogens is 392 g/mol. The summed E-state index contributed by atoms with van der Waals surface area (Å²) in [5.41, 5.74) is 0.989. The summed E-state index contributed by atoms with van der Waals surface area (Å²) >= 11 is 1.11. The van der Waals surface area contributed by atoms with E-state index >= 15 is 0 Å². The van der Waals surface area contributed by atoms with Crippen molar-refractivity contribution in [3.63, 3.8) is 0 Å². The average molecular weight is 414 g/mol. The minimum Gasteiger partial charge on any atom is -0.477 e. The van der Waals surface area contributed by atoms with E-state index in [1.54, 1.807) is 29.2 Å². The number of thiazole rings is 1. The number of amides is 1. The molecule has 1 aliphatic rings. The van der Waals surface area contributed by atoms with Crippen LogP contribution in [-0.2, 0) is 4.74 Å². The van der Waals surface area contributed by atoms with Crippen LogP contribution in [0.2, 0.25) is 0 Å². The van der Waals surface area contributed by atoms with Crippen LogP contribution in [0.25, 0.3) is 11.3 Å². The lowest BCUT2D eigenvalue weighted by atomic mass is 10.1. The Kier molecular flexibility index (Phi) is 5.75. The van der Waals surface area contributed by atoms with E-state index in [0.717, 1.165) is 11.3 Å². The quantitative estimate of drug-likeness (QED) is 0.820. The summed E-state index contributed by atoms with van der Waals surface area (Å²) in [5, 5.41) is 19.1. The fourth-order valence-corrected chi connectivity index (χ4v) is 3.87. The Morgan fingerprint density at radius 2 is 1.79 bits per heavy atom. The van der Waals surface area contributed by atoms with Crippen LogP contribution in [0, 0.1) is 11.3 Å². The summed E-state index contributed by atoms with van der Waals surface area (Å²) < 4.78 is 5.40. The highest BCUT2D eigenvalue weighted by Gasteiger charge is 2.28. The van der Waals surface area contributed by atoms with Gasteiger partial charge in [-0.15, -0.1) is 0 Å². The van der Waals surface area contributed by atoms with Gasteiger partial charge in [0, 0.05) is 31.7 Å². The van der Waals surface area contributed by atoms with E-state index in [2.05, 4.69) is 4.98 Å². The van der Waals surface area contributed by atoms with E-state index in [1.165, 1.54) is 0 Å². The summed E-state index contributed by atoms with van der Waals surface area (Å²) in [7, 11) is 0. The highest BCUT2D eigenvalue weighted by molar-refractivity contribution is 7.17. The van der Waals surface area contributed by atoms with Crippen molar-refractivity contribution in [2.45, 2.75) is 26.4 Å². The molecule has 3 rings (SSSR count). The van der Waals surface area contributed by atoms with Crippen LogP contribution < -0.4 is 4.90 Å². The van der Waals surface area contributed by atoms with E-state index in [0.29, 0.717) is 48.1 Å². The number of carbonyl (C=O) groups excluding carboxylic acids is 1. The highest BCUT2D eigenvalue weighted by atomic mass is 32.1. The molecular formula is C20H22N4O4S. The number of nitrogens with zero attached hydrogens (tertiary/aromatic N) is 4. The van der Waals surface area contributed by atoms with Crippen molar-refractivity contribution in [2.24, 2.45) is 0 Å². The lowest BCUT2D eigenvalue weighted by Gasteiger charge is -2.35. The van der Waals surface area contributed by atoms with Gasteiger partial charge in [0.15, 0.2) is 5.13 Å². The Hall–Kier alpha value is -3.12. The van der Waals surface area contributed by atoms with Crippen molar-refractivity contribution >= 4 is 28.5 Å². The third-order valence-corrected chi connectivity index (χ3v) is 5.40. The number of benzene rings is 1. The largest absolute Gasteiger partial charge is 0.477 e. The maximum Gasteiger partial charge on any atom is 0.410 e. The number of ether oxygens (including phenoxy) is 1. The Balaban J connectivity index is 1.76. The van der Waals surface area contributed by atoms with E-state index in [4.69, 9.17) is 10.00 Å². The van der Waals surface area contributed by atoms with Crippen LogP contribution in [0.3, 0.4) is 0 Å². The number of aromatic carboxylic acids is 1. The lowest BCUT2D eigenvalue weighted by molar-refractivity contribution is 0.0240. The SMILES string of the molecule is CC(C)(C)OC(=O)N1CCN(c2nc(-c3ccc(C#N)cc3)c(C(=O)O)s2)CC1. The zero-order chi connectivity index (χ0) is 21.2. The minimum atomic E-state index is -1.04. The van der Waals surface area contributed by atoms with E-state index in [-0.39, 0.29) is 11.0 Å². The Morgan fingerprint density at radius 1 is 1.17 bits per heavy atom. The Labute approximate surface area is 173 Å². The van der Waals surface area contributed by atoms with Crippen molar-refractivity contribution in [1.29, 1.82) is 5.26 Å². The second kappa shape index (κ2) is 8.09. The van der Waals surface area contributed by atoms with Crippen LogP contribution in [0.5, 0.6) is 0 Å². The van der Waals surface area contributed by atoms with Crippen molar-refractivity contribution < 1.29 is 19.4 Å². The van der Waals surface area contributed by atoms with Gasteiger partial charge in [-0.25, -0.2) is 14.6 Å². The molecule has 0 radical (unpaired) electrons. The van der Waals surface area contributed by atoms with Gasteiger partial charge in [-0.05, 0) is 32.9 Å². The number of piperazine rings is 1. The molecule has 1 aliphatic heterocycles. The first-order valence-corrected chi connectivity index (χ1v) is 9.97. The molecule has 8 nitrogen and oxygen atoms in total. The summed E-state index contributed by atoms with van der Waals surface area (Å²) in [4.78, 5) is 32.3. The third kappa shape index (κ3) is 4.84. The second-order valence-corrected chi connectivity index (χ2v) is 8.60. The van der Waals surface area contributed by atoms with Crippen molar-refractivity contribution in [1.82, 2.24) is 9.88 Å². The first-order chi connectivity index (χ1) is 13.7. The lowest BCUT2D eigenvalue weighted by Crippen LogP contribution is -2.50. The number of aromatic nitrogens is 1. The molecule has 0 bridgehead atoms. The molecule has 0 unspecified atom stereocenters. The van der Waals surface area contributed by atoms with E-state index in [9.17, 15) is 14.7 Å². The van der Waals surface area contributed by atoms with Crippen LogP contribution in [-0.4, -0.2) is 58.8 Å². The van der Waals surface area contributed by atoms with Gasteiger partial charge < -0.3 is 19.6 Å². The summed E-state index contributed by atoms with van der Waals surface area (Å²) in [6, 6.07) is 8.72. The van der Waals surface area contributed by atoms with Crippen LogP contribution in [0.15, 0.2) is 24.3 Å². The zero-order valence-electron chi connectivity index (χ0n) is 16.5. The first-order valence-electron chi connectivity index (χ1n) is 9.15. The van der Waals surface area contributed by atoms with Gasteiger partial charge in [0.2, 0.25) is 0 Å². The van der Waals surface area contributed by atoms with Crippen LogP contribution in [0.4, 0.5) is 9.93 Å². The third-order valence-electron chi connectivity index (χ3n) is 4.30. The molecule has 0 atom stereocenters. The predicted molar refractivity (Wildman–Crippen MR) is 109 cm³/mol. The van der Waals surface area contributed by atoms with Crippen LogP contribution >= 0.6 is 11.3 Å². The molecule has 1 N–H and O–H groups in total. The monoisotopic (exact) mass is 414 g/mol. The molecule has 1 aromatic carbocycles. The molecule has 0 spiro atoms. The number of hydrogen-bond donors (Lipinski definition) is 1. The molecule has 0 saturated carbocycles. The molecule has 2 aromatic rings. The Bertz CT molecular complexity index is 948. The molecule has 1 amide bonds. The normalized spacial score (nSPS) is 14.4. The fourth-order valence-electron chi connectivity index (χ4n) is 2.89. The number of carboxylic acid groups (broad SMARTS) is 1. The van der Waals surface area contributed by atoms with Crippen molar-refractivity contribution in [3.8, 4) is 17.3 Å². The topological polar surface area (TPSA) is 107 Å². The first kappa shape index (κ1) is 20.6. The van der Waals surface area contributed by atoms with E-state index in [1.807, 2.05) is 31.7 Å². The van der Waals surface area contributed by atoms with Gasteiger partial charge in [-0.1, -0.05) is 23.5 Å². The van der Waals surface area contributed by atoms with Gasteiger partial charge in [-0.2, -0.15) is 5.26 Å². The van der Waals surface area contributed by atoms with E-state index < -0.39 is 11.6 Å². The zero-order valence-corrected chi connectivity index (χ0v) is 17.3. The maximum absolute atomic E-state index is 12.2. The molecule has 0 aliphatic carbocycles. The molecule has 152 valence electrons. The van der Waals surface area contributed by atoms with Crippen molar-refractivity contribution in [2.75, 3.05) is 31.1 Å². The van der Waals surface area contributed by atoms with Gasteiger partial charge in [0.25, 0.3) is 0 Å². The number of anilines is 1. The molecule has 1 saturated heterocycles. The Morgan fingerprint density at radius 3 is 2.31 bits per heavy atom. The predicted octanol–water partition coefficient (Wildman–Crippen LogP) is 3.44. The van der Waals surface area contributed by atoms with Gasteiger partial charge in [0.05, 0.1) is 17.3 Å². The standard InChI is InChI=1S/C20H22N4O4S/c1-20(2,3)28-19(27)24-10-8-23(9-11-24)18-22-15(16(29-18)17(25)26)14-6-4-13(12-21)5-7-14/h4-7H,8-11H2,1-3H3,(H,25,26). The smallest absolute Gasteiger partial charge is 0.410 e. The van der Waals surface area contributed by atoms with Gasteiger partial charge in [-0.3, -0.25) is 0 Å². The number of nitriles is 1. The minimum absolute atomic E-state index is 0.152. The number of carboxylic acids is 1. The number of rotatable bonds is 3. The summed E-state index contributed by atoms with van der Waals surface area (Å²) in [5.74, 6) is -1.04. The number of hydrogen-bond acceptors (Lipinski definition) is 7. The fraction of sp³-hybridized carbons (Fsp3) is 0.400. The molecule has 29 heavy (non-hydrogen) atoms. The number of carbonyl (C=O) groups is 2. The molecule has 1 aromatic heterocycles. The van der Waals surface area contributed by atoms with Gasteiger partial charge in [0.1, 0.15) is 10.5 Å². The van der Waals surface area contributed by atoms with Crippen molar-refractivity contribution in [3.05, 3.63) is 34.7 Å².